The summed E-state index contributed by atoms with van der Waals surface area (Å²) in [5.41, 5.74) is 5.59. The predicted molar refractivity (Wildman–Crippen MR) is 75.5 cm³/mol. The number of nitrogens with zero attached hydrogens (tertiary/aromatic N) is 1. The van der Waals surface area contributed by atoms with Crippen LogP contribution in [0.4, 0.5) is 0 Å². The van der Waals surface area contributed by atoms with Crippen LogP contribution in [0, 0.1) is 0 Å². The predicted octanol–water partition coefficient (Wildman–Crippen LogP) is 3.11. The van der Waals surface area contributed by atoms with E-state index in [0.717, 1.165) is 19.5 Å². The molecule has 0 unspecified atom stereocenters. The van der Waals surface area contributed by atoms with Gasteiger partial charge in [0.05, 0.1) is 0 Å². The molecule has 0 saturated carbocycles. The molecule has 2 aromatic carbocycles. The third-order valence-corrected chi connectivity index (χ3v) is 3.67. The first-order valence-electron chi connectivity index (χ1n) is 6.65. The number of rotatable bonds is 2. The minimum absolute atomic E-state index is 1.07. The summed E-state index contributed by atoms with van der Waals surface area (Å²) in [4.78, 5) is 0. The van der Waals surface area contributed by atoms with Gasteiger partial charge in [0, 0.05) is 17.5 Å². The molecule has 0 atom stereocenters. The maximum Gasteiger partial charge on any atom is 0.214 e. The lowest BCUT2D eigenvalue weighted by atomic mass is 9.92. The molecular weight excluding hydrogens is 218 g/mol. The van der Waals surface area contributed by atoms with Gasteiger partial charge in [0.1, 0.15) is 13.1 Å². The topological polar surface area (TPSA) is 3.01 Å². The van der Waals surface area contributed by atoms with Crippen LogP contribution >= 0.6 is 0 Å². The molecule has 0 N–H and O–H groups in total. The monoisotopic (exact) mass is 236 g/mol. The molecule has 0 radical (unpaired) electrons. The lowest BCUT2D eigenvalue weighted by molar-refractivity contribution is -0.524. The standard InChI is InChI=1S/C17H18N/c1-2-18-13-12-14-8-6-7-11-16(14)17(18)15-9-4-3-5-10-15/h3-11H,2,12-13H2,1H3/q+1. The van der Waals surface area contributed by atoms with Crippen molar-refractivity contribution in [1.82, 2.24) is 0 Å². The van der Waals surface area contributed by atoms with Crippen molar-refractivity contribution in [3.05, 3.63) is 71.3 Å². The fourth-order valence-electron chi connectivity index (χ4n) is 2.76. The Morgan fingerprint density at radius 1 is 0.944 bits per heavy atom. The molecule has 0 amide bonds. The van der Waals surface area contributed by atoms with E-state index in [9.17, 15) is 0 Å². The van der Waals surface area contributed by atoms with Crippen LogP contribution in [-0.2, 0) is 6.42 Å². The van der Waals surface area contributed by atoms with E-state index in [1.165, 1.54) is 22.4 Å². The van der Waals surface area contributed by atoms with Gasteiger partial charge < -0.3 is 0 Å². The van der Waals surface area contributed by atoms with E-state index in [0.29, 0.717) is 0 Å². The summed E-state index contributed by atoms with van der Waals surface area (Å²) in [5, 5.41) is 0. The van der Waals surface area contributed by atoms with Gasteiger partial charge in [-0.15, -0.1) is 0 Å². The van der Waals surface area contributed by atoms with Gasteiger partial charge in [0.25, 0.3) is 0 Å². The molecule has 0 aliphatic carbocycles. The third-order valence-electron chi connectivity index (χ3n) is 3.67. The van der Waals surface area contributed by atoms with Gasteiger partial charge in [0.2, 0.25) is 5.71 Å². The molecule has 0 spiro atoms. The summed E-state index contributed by atoms with van der Waals surface area (Å²) in [7, 11) is 0. The molecule has 18 heavy (non-hydrogen) atoms. The summed E-state index contributed by atoms with van der Waals surface area (Å²) in [6.07, 6.45) is 1.15. The number of hydrogen-bond acceptors (Lipinski definition) is 0. The molecule has 90 valence electrons. The maximum atomic E-state index is 2.48. The van der Waals surface area contributed by atoms with E-state index in [1.54, 1.807) is 0 Å². The number of benzene rings is 2. The molecule has 0 fully saturated rings. The van der Waals surface area contributed by atoms with E-state index in [4.69, 9.17) is 0 Å². The van der Waals surface area contributed by atoms with Gasteiger partial charge in [-0.25, -0.2) is 4.58 Å². The highest BCUT2D eigenvalue weighted by Gasteiger charge is 2.25. The molecule has 3 rings (SSSR count). The van der Waals surface area contributed by atoms with Crippen molar-refractivity contribution in [2.24, 2.45) is 0 Å². The average Bonchev–Trinajstić information content (AvgIpc) is 2.47. The second-order valence-electron chi connectivity index (χ2n) is 4.70. The molecule has 1 aliphatic heterocycles. The van der Waals surface area contributed by atoms with E-state index >= 15 is 0 Å². The zero-order valence-electron chi connectivity index (χ0n) is 10.8. The minimum Gasteiger partial charge on any atom is -0.229 e. The van der Waals surface area contributed by atoms with E-state index in [1.807, 2.05) is 0 Å². The van der Waals surface area contributed by atoms with E-state index in [-0.39, 0.29) is 0 Å². The van der Waals surface area contributed by atoms with E-state index in [2.05, 4.69) is 66.1 Å². The van der Waals surface area contributed by atoms with Gasteiger partial charge in [-0.05, 0) is 30.7 Å². The summed E-state index contributed by atoms with van der Waals surface area (Å²) in [5.74, 6) is 0. The first-order valence-corrected chi connectivity index (χ1v) is 6.65. The van der Waals surface area contributed by atoms with Crippen molar-refractivity contribution in [2.75, 3.05) is 13.1 Å². The number of fused-ring (bicyclic) bond motifs is 1. The van der Waals surface area contributed by atoms with Crippen LogP contribution in [0.2, 0.25) is 0 Å². The minimum atomic E-state index is 1.07. The Labute approximate surface area is 108 Å². The first-order chi connectivity index (χ1) is 8.90. The van der Waals surface area contributed by atoms with Gasteiger partial charge in [-0.3, -0.25) is 0 Å². The fraction of sp³-hybridized carbons (Fsp3) is 0.235. The van der Waals surface area contributed by atoms with Crippen molar-refractivity contribution in [3.8, 4) is 0 Å². The van der Waals surface area contributed by atoms with Crippen molar-refractivity contribution in [1.29, 1.82) is 0 Å². The average molecular weight is 236 g/mol. The third kappa shape index (κ3) is 1.86. The summed E-state index contributed by atoms with van der Waals surface area (Å²) < 4.78 is 2.48. The molecule has 2 aromatic rings. The molecule has 1 nitrogen and oxygen atoms in total. The summed E-state index contributed by atoms with van der Waals surface area (Å²) in [6.45, 7) is 4.42. The van der Waals surface area contributed by atoms with Gasteiger partial charge in [-0.2, -0.15) is 0 Å². The first kappa shape index (κ1) is 11.2. The Kier molecular flexibility index (Phi) is 2.97. The molecule has 0 aromatic heterocycles. The normalized spacial score (nSPS) is 14.5. The van der Waals surface area contributed by atoms with Crippen LogP contribution in [0.1, 0.15) is 23.6 Å². The Morgan fingerprint density at radius 2 is 1.67 bits per heavy atom. The molecule has 0 bridgehead atoms. The second kappa shape index (κ2) is 4.77. The zero-order chi connectivity index (χ0) is 12.4. The lowest BCUT2D eigenvalue weighted by Gasteiger charge is -2.17. The van der Waals surface area contributed by atoms with Crippen molar-refractivity contribution < 1.29 is 4.58 Å². The molecule has 1 aliphatic rings. The van der Waals surface area contributed by atoms with Crippen molar-refractivity contribution >= 4 is 5.71 Å². The molecular formula is C17H18N+. The van der Waals surface area contributed by atoms with Crippen molar-refractivity contribution in [3.63, 3.8) is 0 Å². The van der Waals surface area contributed by atoms with Gasteiger partial charge in [0.15, 0.2) is 0 Å². The number of hydrogen-bond donors (Lipinski definition) is 0. The summed E-state index contributed by atoms with van der Waals surface area (Å²) >= 11 is 0. The molecule has 1 heteroatoms. The molecule has 0 saturated heterocycles. The quantitative estimate of drug-likeness (QED) is 0.705. The van der Waals surface area contributed by atoms with Crippen LogP contribution in [-0.4, -0.2) is 23.4 Å². The van der Waals surface area contributed by atoms with Crippen LogP contribution in [0.5, 0.6) is 0 Å². The SMILES string of the molecule is CC[N+]1=C(c2ccccc2)c2ccccc2CC1. The Balaban J connectivity index is 2.22. The largest absolute Gasteiger partial charge is 0.229 e. The van der Waals surface area contributed by atoms with Crippen LogP contribution < -0.4 is 0 Å². The maximum absolute atomic E-state index is 2.48. The van der Waals surface area contributed by atoms with Crippen LogP contribution in [0.15, 0.2) is 54.6 Å². The van der Waals surface area contributed by atoms with Crippen LogP contribution in [0.25, 0.3) is 0 Å². The van der Waals surface area contributed by atoms with Crippen molar-refractivity contribution in [2.45, 2.75) is 13.3 Å². The van der Waals surface area contributed by atoms with Gasteiger partial charge in [-0.1, -0.05) is 36.4 Å². The Bertz CT molecular complexity index is 582. The van der Waals surface area contributed by atoms with Gasteiger partial charge >= 0.3 is 0 Å². The van der Waals surface area contributed by atoms with Crippen LogP contribution in [0.3, 0.4) is 0 Å². The smallest absolute Gasteiger partial charge is 0.214 e. The zero-order valence-corrected chi connectivity index (χ0v) is 10.8. The lowest BCUT2D eigenvalue weighted by Crippen LogP contribution is -2.30. The highest BCUT2D eigenvalue weighted by atomic mass is 15.0. The second-order valence-corrected chi connectivity index (χ2v) is 4.70. The van der Waals surface area contributed by atoms with E-state index < -0.39 is 0 Å². The Morgan fingerprint density at radius 3 is 2.44 bits per heavy atom. The number of likely N-dealkylation sites (N-methyl/N-ethyl adjacent to an activating group) is 1. The highest BCUT2D eigenvalue weighted by molar-refractivity contribution is 6.10. The summed E-state index contributed by atoms with van der Waals surface area (Å²) in [6, 6.07) is 19.5. The Hall–Kier alpha value is -1.89. The fourth-order valence-corrected chi connectivity index (χ4v) is 2.76. The molecule has 1 heterocycles. The highest BCUT2D eigenvalue weighted by Crippen LogP contribution is 2.20.